The third-order valence-corrected chi connectivity index (χ3v) is 3.55. The molecular formula is C10H20O6S. The lowest BCUT2D eigenvalue weighted by molar-refractivity contribution is -0.140. The predicted octanol–water partition coefficient (Wildman–Crippen LogP) is 0.363. The van der Waals surface area contributed by atoms with Gasteiger partial charge in [0.1, 0.15) is 5.75 Å². The number of sulfone groups is 1. The molecule has 0 unspecified atom stereocenters. The van der Waals surface area contributed by atoms with E-state index in [0.717, 1.165) is 0 Å². The summed E-state index contributed by atoms with van der Waals surface area (Å²) in [5, 5.41) is 0. The molecule has 0 aromatic carbocycles. The van der Waals surface area contributed by atoms with E-state index in [4.69, 9.17) is 9.47 Å². The Bertz CT molecular complexity index is 305. The molecule has 0 aliphatic rings. The molecule has 0 rings (SSSR count). The van der Waals surface area contributed by atoms with Crippen LogP contribution in [0.25, 0.3) is 0 Å². The lowest BCUT2D eigenvalue weighted by atomic mass is 10.5. The summed E-state index contributed by atoms with van der Waals surface area (Å²) in [5.41, 5.74) is 0. The first-order valence-electron chi connectivity index (χ1n) is 5.45. The van der Waals surface area contributed by atoms with E-state index in [2.05, 4.69) is 4.74 Å². The van der Waals surface area contributed by atoms with Crippen LogP contribution in [0.1, 0.15) is 20.3 Å². The third-order valence-electron chi connectivity index (χ3n) is 1.94. The molecule has 0 bridgehead atoms. The third kappa shape index (κ3) is 8.12. The van der Waals surface area contributed by atoms with Crippen molar-refractivity contribution in [2.45, 2.75) is 26.6 Å². The number of hydrogen-bond donors (Lipinski definition) is 0. The lowest BCUT2D eigenvalue weighted by Crippen LogP contribution is -2.29. The first kappa shape index (κ1) is 16.3. The summed E-state index contributed by atoms with van der Waals surface area (Å²) in [7, 11) is -2.16. The van der Waals surface area contributed by atoms with Crippen LogP contribution in [0.15, 0.2) is 0 Å². The van der Waals surface area contributed by atoms with Crippen molar-refractivity contribution in [3.63, 3.8) is 0 Å². The summed E-state index contributed by atoms with van der Waals surface area (Å²) in [6.07, 6.45) is -0.920. The molecule has 6 nitrogen and oxygen atoms in total. The summed E-state index contributed by atoms with van der Waals surface area (Å²) in [6, 6.07) is 0. The van der Waals surface area contributed by atoms with Gasteiger partial charge in [-0.25, -0.2) is 8.42 Å². The summed E-state index contributed by atoms with van der Waals surface area (Å²) in [5.74, 6) is -1.04. The van der Waals surface area contributed by atoms with Gasteiger partial charge < -0.3 is 14.2 Å². The number of carbonyl (C=O) groups excluding carboxylic acids is 1. The van der Waals surface area contributed by atoms with Gasteiger partial charge in [-0.3, -0.25) is 4.79 Å². The number of methoxy groups -OCH3 is 1. The van der Waals surface area contributed by atoms with Crippen LogP contribution in [-0.4, -0.2) is 52.5 Å². The van der Waals surface area contributed by atoms with Gasteiger partial charge in [-0.1, -0.05) is 0 Å². The molecule has 0 aliphatic carbocycles. The van der Waals surface area contributed by atoms with Crippen molar-refractivity contribution in [2.75, 3.05) is 31.8 Å². The van der Waals surface area contributed by atoms with Crippen molar-refractivity contribution in [1.82, 2.24) is 0 Å². The van der Waals surface area contributed by atoms with Crippen LogP contribution in [-0.2, 0) is 28.8 Å². The standard InChI is InChI=1S/C10H20O6S/c1-4-15-10(16-5-2)8-17(12,13)7-6-9(11)14-3/h10H,4-8H2,1-3H3. The fourth-order valence-corrected chi connectivity index (χ4v) is 2.40. The smallest absolute Gasteiger partial charge is 0.306 e. The van der Waals surface area contributed by atoms with Crippen molar-refractivity contribution in [3.05, 3.63) is 0 Å². The Kier molecular flexibility index (Phi) is 8.11. The summed E-state index contributed by atoms with van der Waals surface area (Å²) in [4.78, 5) is 10.8. The molecule has 0 N–H and O–H groups in total. The molecule has 0 amide bonds. The maximum atomic E-state index is 11.6. The highest BCUT2D eigenvalue weighted by atomic mass is 32.2. The van der Waals surface area contributed by atoms with Crippen LogP contribution >= 0.6 is 0 Å². The van der Waals surface area contributed by atoms with E-state index in [0.29, 0.717) is 13.2 Å². The molecule has 0 atom stereocenters. The molecule has 7 heteroatoms. The molecule has 0 fully saturated rings. The molecule has 0 aromatic heterocycles. The maximum absolute atomic E-state index is 11.6. The molecule has 0 saturated heterocycles. The van der Waals surface area contributed by atoms with Crippen molar-refractivity contribution >= 4 is 15.8 Å². The van der Waals surface area contributed by atoms with Crippen molar-refractivity contribution in [3.8, 4) is 0 Å². The van der Waals surface area contributed by atoms with Gasteiger partial charge in [-0.05, 0) is 13.8 Å². The fourth-order valence-electron chi connectivity index (χ4n) is 1.15. The highest BCUT2D eigenvalue weighted by molar-refractivity contribution is 7.91. The SMILES string of the molecule is CCOC(CS(=O)(=O)CCC(=O)OC)OCC. The first-order valence-corrected chi connectivity index (χ1v) is 7.27. The van der Waals surface area contributed by atoms with Crippen molar-refractivity contribution in [2.24, 2.45) is 0 Å². The second kappa shape index (κ2) is 8.43. The van der Waals surface area contributed by atoms with Crippen LogP contribution in [0.4, 0.5) is 0 Å². The lowest BCUT2D eigenvalue weighted by Gasteiger charge is -2.16. The Morgan fingerprint density at radius 1 is 1.18 bits per heavy atom. The largest absolute Gasteiger partial charge is 0.469 e. The number of esters is 1. The number of rotatable bonds is 9. The zero-order valence-corrected chi connectivity index (χ0v) is 11.3. The molecule has 0 radical (unpaired) electrons. The highest BCUT2D eigenvalue weighted by Gasteiger charge is 2.21. The van der Waals surface area contributed by atoms with Crippen LogP contribution in [0.2, 0.25) is 0 Å². The van der Waals surface area contributed by atoms with E-state index >= 15 is 0 Å². The minimum Gasteiger partial charge on any atom is -0.469 e. The first-order chi connectivity index (χ1) is 7.95. The number of hydrogen-bond acceptors (Lipinski definition) is 6. The van der Waals surface area contributed by atoms with Gasteiger partial charge in [0.05, 0.1) is 19.3 Å². The Labute approximate surface area is 102 Å². The number of carbonyl (C=O) groups is 1. The summed E-state index contributed by atoms with van der Waals surface area (Å²) in [6.45, 7) is 4.26. The fraction of sp³-hybridized carbons (Fsp3) is 0.900. The van der Waals surface area contributed by atoms with E-state index in [1.165, 1.54) is 7.11 Å². The zero-order valence-electron chi connectivity index (χ0n) is 10.5. The minimum atomic E-state index is -3.38. The van der Waals surface area contributed by atoms with Gasteiger partial charge in [0.25, 0.3) is 0 Å². The Morgan fingerprint density at radius 3 is 2.12 bits per heavy atom. The van der Waals surface area contributed by atoms with Crippen LogP contribution in [0, 0.1) is 0 Å². The van der Waals surface area contributed by atoms with Crippen LogP contribution < -0.4 is 0 Å². The van der Waals surface area contributed by atoms with Crippen molar-refractivity contribution < 1.29 is 27.4 Å². The summed E-state index contributed by atoms with van der Waals surface area (Å²) >= 11 is 0. The van der Waals surface area contributed by atoms with Gasteiger partial charge in [0.2, 0.25) is 0 Å². The zero-order chi connectivity index (χ0) is 13.3. The predicted molar refractivity (Wildman–Crippen MR) is 62.3 cm³/mol. The highest BCUT2D eigenvalue weighted by Crippen LogP contribution is 2.04. The monoisotopic (exact) mass is 268 g/mol. The average molecular weight is 268 g/mol. The molecule has 0 aromatic rings. The van der Waals surface area contributed by atoms with Gasteiger partial charge in [-0.2, -0.15) is 0 Å². The Hall–Kier alpha value is -0.660. The Morgan fingerprint density at radius 2 is 1.71 bits per heavy atom. The molecule has 0 heterocycles. The van der Waals surface area contributed by atoms with Crippen LogP contribution in [0.3, 0.4) is 0 Å². The molecule has 102 valence electrons. The molecular weight excluding hydrogens is 248 g/mol. The molecule has 0 spiro atoms. The molecule has 0 aliphatic heterocycles. The quantitative estimate of drug-likeness (QED) is 0.444. The van der Waals surface area contributed by atoms with Gasteiger partial charge in [-0.15, -0.1) is 0 Å². The molecule has 0 saturated carbocycles. The van der Waals surface area contributed by atoms with E-state index < -0.39 is 22.1 Å². The van der Waals surface area contributed by atoms with Gasteiger partial charge in [0.15, 0.2) is 16.1 Å². The van der Waals surface area contributed by atoms with Gasteiger partial charge in [0, 0.05) is 13.2 Å². The average Bonchev–Trinajstić information content (AvgIpc) is 2.26. The topological polar surface area (TPSA) is 78.9 Å². The van der Waals surface area contributed by atoms with E-state index in [-0.39, 0.29) is 17.9 Å². The number of ether oxygens (including phenoxy) is 3. The van der Waals surface area contributed by atoms with Crippen LogP contribution in [0.5, 0.6) is 0 Å². The minimum absolute atomic E-state index is 0.149. The second-order valence-corrected chi connectivity index (χ2v) is 5.51. The van der Waals surface area contributed by atoms with E-state index in [1.54, 1.807) is 13.8 Å². The normalized spacial score (nSPS) is 11.8. The Balaban J connectivity index is 4.24. The van der Waals surface area contributed by atoms with Gasteiger partial charge >= 0.3 is 5.97 Å². The molecule has 17 heavy (non-hydrogen) atoms. The van der Waals surface area contributed by atoms with E-state index in [9.17, 15) is 13.2 Å². The van der Waals surface area contributed by atoms with E-state index in [1.807, 2.05) is 0 Å². The second-order valence-electron chi connectivity index (χ2n) is 3.28. The van der Waals surface area contributed by atoms with Crippen molar-refractivity contribution in [1.29, 1.82) is 0 Å². The summed E-state index contributed by atoms with van der Waals surface area (Å²) < 4.78 is 37.9. The maximum Gasteiger partial charge on any atom is 0.306 e.